The van der Waals surface area contributed by atoms with Gasteiger partial charge in [0.05, 0.1) is 23.6 Å². The van der Waals surface area contributed by atoms with Crippen molar-refractivity contribution in [3.63, 3.8) is 0 Å². The topological polar surface area (TPSA) is 59.8 Å². The molecule has 5 nitrogen and oxygen atoms in total. The number of carbonyl (C=O) groups excluding carboxylic acids is 1. The Bertz CT molecular complexity index is 1090. The van der Waals surface area contributed by atoms with Crippen LogP contribution in [-0.4, -0.2) is 31.1 Å². The third-order valence-electron chi connectivity index (χ3n) is 4.65. The molecule has 0 bridgehead atoms. The van der Waals surface area contributed by atoms with Crippen LogP contribution in [0.4, 0.5) is 8.78 Å². The summed E-state index contributed by atoms with van der Waals surface area (Å²) in [7, 11) is 1.50. The summed E-state index contributed by atoms with van der Waals surface area (Å²) < 4.78 is 37.7. The maximum Gasteiger partial charge on any atom is 0.290 e. The summed E-state index contributed by atoms with van der Waals surface area (Å²) >= 11 is 0. The first-order valence-electron chi connectivity index (χ1n) is 8.33. The lowest BCUT2D eigenvalue weighted by Gasteiger charge is -2.24. The van der Waals surface area contributed by atoms with Crippen LogP contribution >= 0.6 is 0 Å². The molecule has 4 rings (SSSR count). The number of methoxy groups -OCH3 is 1. The molecular weight excluding hydrogens is 356 g/mol. The van der Waals surface area contributed by atoms with Gasteiger partial charge in [0.15, 0.2) is 5.43 Å². The van der Waals surface area contributed by atoms with E-state index in [0.717, 1.165) is 12.1 Å². The van der Waals surface area contributed by atoms with Gasteiger partial charge in [-0.15, -0.1) is 0 Å². The minimum absolute atomic E-state index is 0.0576. The Morgan fingerprint density at radius 2 is 1.78 bits per heavy atom. The zero-order valence-corrected chi connectivity index (χ0v) is 14.4. The Morgan fingerprint density at radius 3 is 2.48 bits per heavy atom. The van der Waals surface area contributed by atoms with Crippen molar-refractivity contribution >= 4 is 16.9 Å². The van der Waals surface area contributed by atoms with Gasteiger partial charge in [-0.3, -0.25) is 9.59 Å². The molecule has 3 aromatic rings. The van der Waals surface area contributed by atoms with Gasteiger partial charge in [-0.25, -0.2) is 8.78 Å². The van der Waals surface area contributed by atoms with E-state index in [1.165, 1.54) is 42.3 Å². The zero-order chi connectivity index (χ0) is 19.1. The van der Waals surface area contributed by atoms with Crippen LogP contribution in [0, 0.1) is 11.6 Å². The smallest absolute Gasteiger partial charge is 0.290 e. The van der Waals surface area contributed by atoms with Crippen LogP contribution in [0.2, 0.25) is 0 Å². The molecule has 27 heavy (non-hydrogen) atoms. The number of amides is 1. The van der Waals surface area contributed by atoms with E-state index in [2.05, 4.69) is 0 Å². The predicted octanol–water partition coefficient (Wildman–Crippen LogP) is 3.26. The summed E-state index contributed by atoms with van der Waals surface area (Å²) in [4.78, 5) is 27.4. The number of carbonyl (C=O) groups is 1. The minimum atomic E-state index is -0.757. The van der Waals surface area contributed by atoms with Crippen LogP contribution in [-0.2, 0) is 4.74 Å². The molecule has 2 aromatic carbocycles. The fourth-order valence-electron chi connectivity index (χ4n) is 3.40. The molecule has 0 aliphatic carbocycles. The summed E-state index contributed by atoms with van der Waals surface area (Å²) in [5, 5.41) is 0.0576. The van der Waals surface area contributed by atoms with Gasteiger partial charge in [0, 0.05) is 13.7 Å². The molecule has 0 fully saturated rings. The fraction of sp³-hybridized carbons (Fsp3) is 0.200. The molecule has 1 atom stereocenters. The second-order valence-electron chi connectivity index (χ2n) is 6.26. The van der Waals surface area contributed by atoms with Gasteiger partial charge < -0.3 is 14.1 Å². The first-order valence-corrected chi connectivity index (χ1v) is 8.33. The third kappa shape index (κ3) is 2.80. The molecule has 0 spiro atoms. The molecule has 1 unspecified atom stereocenters. The summed E-state index contributed by atoms with van der Waals surface area (Å²) in [5.41, 5.74) is 0.344. The second-order valence-corrected chi connectivity index (χ2v) is 6.26. The van der Waals surface area contributed by atoms with Crippen molar-refractivity contribution in [1.29, 1.82) is 0 Å². The molecule has 1 amide bonds. The molecule has 1 aromatic heterocycles. The van der Waals surface area contributed by atoms with E-state index in [0.29, 0.717) is 5.56 Å². The molecule has 1 aliphatic rings. The van der Waals surface area contributed by atoms with Crippen molar-refractivity contribution in [2.24, 2.45) is 0 Å². The van der Waals surface area contributed by atoms with Gasteiger partial charge in [-0.05, 0) is 35.9 Å². The lowest BCUT2D eigenvalue weighted by atomic mass is 9.98. The Morgan fingerprint density at radius 1 is 1.07 bits per heavy atom. The number of benzene rings is 2. The number of hydrogen-bond acceptors (Lipinski definition) is 4. The van der Waals surface area contributed by atoms with Crippen molar-refractivity contribution in [1.82, 2.24) is 4.90 Å². The lowest BCUT2D eigenvalue weighted by molar-refractivity contribution is 0.0663. The second kappa shape index (κ2) is 6.59. The van der Waals surface area contributed by atoms with E-state index in [-0.39, 0.29) is 35.4 Å². The molecule has 0 radical (unpaired) electrons. The monoisotopic (exact) mass is 371 g/mol. The van der Waals surface area contributed by atoms with E-state index in [4.69, 9.17) is 9.15 Å². The Balaban J connectivity index is 1.97. The Kier molecular flexibility index (Phi) is 4.24. The summed E-state index contributed by atoms with van der Waals surface area (Å²) in [6, 6.07) is 8.36. The van der Waals surface area contributed by atoms with E-state index in [1.54, 1.807) is 0 Å². The van der Waals surface area contributed by atoms with Gasteiger partial charge in [0.25, 0.3) is 5.91 Å². The van der Waals surface area contributed by atoms with Gasteiger partial charge >= 0.3 is 0 Å². The number of rotatable bonds is 4. The van der Waals surface area contributed by atoms with Crippen LogP contribution in [0.5, 0.6) is 0 Å². The van der Waals surface area contributed by atoms with E-state index in [9.17, 15) is 18.4 Å². The van der Waals surface area contributed by atoms with E-state index >= 15 is 0 Å². The molecule has 1 aliphatic heterocycles. The van der Waals surface area contributed by atoms with Crippen molar-refractivity contribution in [3.05, 3.63) is 81.2 Å². The molecule has 0 N–H and O–H groups in total. The summed E-state index contributed by atoms with van der Waals surface area (Å²) in [5.74, 6) is -1.54. The van der Waals surface area contributed by atoms with Gasteiger partial charge in [-0.2, -0.15) is 0 Å². The summed E-state index contributed by atoms with van der Waals surface area (Å²) in [6.45, 7) is 0.464. The van der Waals surface area contributed by atoms with Crippen molar-refractivity contribution < 1.29 is 22.7 Å². The molecule has 7 heteroatoms. The Hall–Kier alpha value is -3.06. The SMILES string of the molecule is COCCN1C(=O)c2oc3ccc(F)cc3c(=O)c2C1c1ccc(F)cc1. The van der Waals surface area contributed by atoms with Crippen LogP contribution in [0.25, 0.3) is 11.0 Å². The molecule has 138 valence electrons. The average molecular weight is 371 g/mol. The van der Waals surface area contributed by atoms with Gasteiger partial charge in [0.2, 0.25) is 5.76 Å². The largest absolute Gasteiger partial charge is 0.450 e. The van der Waals surface area contributed by atoms with Crippen LogP contribution in [0.1, 0.15) is 27.7 Å². The van der Waals surface area contributed by atoms with Crippen molar-refractivity contribution in [2.75, 3.05) is 20.3 Å². The lowest BCUT2D eigenvalue weighted by Crippen LogP contribution is -2.32. The van der Waals surface area contributed by atoms with Gasteiger partial charge in [-0.1, -0.05) is 12.1 Å². The average Bonchev–Trinajstić information content (AvgIpc) is 2.94. The molecule has 0 saturated carbocycles. The highest BCUT2D eigenvalue weighted by Crippen LogP contribution is 2.37. The van der Waals surface area contributed by atoms with Crippen LogP contribution in [0.15, 0.2) is 51.7 Å². The van der Waals surface area contributed by atoms with Gasteiger partial charge in [0.1, 0.15) is 17.2 Å². The molecule has 2 heterocycles. The minimum Gasteiger partial charge on any atom is -0.450 e. The first kappa shape index (κ1) is 17.4. The number of halogens is 2. The molecular formula is C20H15F2NO4. The van der Waals surface area contributed by atoms with Crippen LogP contribution < -0.4 is 5.43 Å². The maximum atomic E-state index is 13.6. The standard InChI is InChI=1S/C20H15F2NO4/c1-26-9-8-23-17(11-2-4-12(21)5-3-11)16-18(24)14-10-13(22)6-7-15(14)27-19(16)20(23)25/h2-7,10,17H,8-9H2,1H3. The number of ether oxygens (including phenoxy) is 1. The van der Waals surface area contributed by atoms with E-state index < -0.39 is 29.0 Å². The maximum absolute atomic E-state index is 13.6. The zero-order valence-electron chi connectivity index (χ0n) is 14.4. The summed E-state index contributed by atoms with van der Waals surface area (Å²) in [6.07, 6.45) is 0. The predicted molar refractivity (Wildman–Crippen MR) is 93.6 cm³/mol. The number of fused-ring (bicyclic) bond motifs is 2. The molecule has 0 saturated heterocycles. The fourth-order valence-corrected chi connectivity index (χ4v) is 3.40. The number of nitrogens with zero attached hydrogens (tertiary/aromatic N) is 1. The highest BCUT2D eigenvalue weighted by Gasteiger charge is 2.42. The van der Waals surface area contributed by atoms with Crippen LogP contribution in [0.3, 0.4) is 0 Å². The quantitative estimate of drug-likeness (QED) is 0.706. The van der Waals surface area contributed by atoms with E-state index in [1.807, 2.05) is 0 Å². The highest BCUT2D eigenvalue weighted by atomic mass is 19.1. The number of hydrogen-bond donors (Lipinski definition) is 0. The highest BCUT2D eigenvalue weighted by molar-refractivity contribution is 5.99. The third-order valence-corrected chi connectivity index (χ3v) is 4.65. The Labute approximate surface area is 152 Å². The first-order chi connectivity index (χ1) is 13.0. The normalized spacial score (nSPS) is 16.2. The van der Waals surface area contributed by atoms with Crippen molar-refractivity contribution in [2.45, 2.75) is 6.04 Å². The van der Waals surface area contributed by atoms with Crippen molar-refractivity contribution in [3.8, 4) is 0 Å².